The Morgan fingerprint density at radius 1 is 1.29 bits per heavy atom. The molecule has 0 heterocycles. The zero-order chi connectivity index (χ0) is 13.5. The molecule has 0 aromatic carbocycles. The summed E-state index contributed by atoms with van der Waals surface area (Å²) in [6.07, 6.45) is 1.79. The highest BCUT2D eigenvalue weighted by Crippen LogP contribution is 2.01. The minimum absolute atomic E-state index is 0.132. The number of nitrogens with one attached hydrogen (secondary N) is 1. The lowest BCUT2D eigenvalue weighted by atomic mass is 10.1. The maximum Gasteiger partial charge on any atom is 0.326 e. The Morgan fingerprint density at radius 3 is 2.29 bits per heavy atom. The Morgan fingerprint density at radius 2 is 1.88 bits per heavy atom. The minimum atomic E-state index is -3.42. The van der Waals surface area contributed by atoms with Gasteiger partial charge in [-0.3, -0.25) is 4.79 Å². The number of hydrogen-bond donors (Lipinski definition) is 2. The summed E-state index contributed by atoms with van der Waals surface area (Å²) < 4.78 is 22.3. The van der Waals surface area contributed by atoms with E-state index in [1.54, 1.807) is 0 Å². The molecular weight excluding hydrogens is 246 g/mol. The van der Waals surface area contributed by atoms with Crippen molar-refractivity contribution in [1.29, 1.82) is 0 Å². The van der Waals surface area contributed by atoms with E-state index in [1.807, 2.05) is 6.92 Å². The molecule has 0 fully saturated rings. The molecule has 0 saturated carbocycles. The van der Waals surface area contributed by atoms with Crippen LogP contribution in [0.5, 0.6) is 0 Å². The van der Waals surface area contributed by atoms with Gasteiger partial charge in [0, 0.05) is 5.75 Å². The topological polar surface area (TPSA) is 101 Å². The van der Waals surface area contributed by atoms with Crippen LogP contribution in [0, 0.1) is 0 Å². The fraction of sp³-hybridized carbons (Fsp3) is 0.800. The van der Waals surface area contributed by atoms with E-state index in [4.69, 9.17) is 5.11 Å². The van der Waals surface area contributed by atoms with Crippen LogP contribution >= 0.6 is 0 Å². The van der Waals surface area contributed by atoms with Crippen molar-refractivity contribution in [2.45, 2.75) is 39.2 Å². The van der Waals surface area contributed by atoms with E-state index in [9.17, 15) is 18.0 Å². The third kappa shape index (κ3) is 6.93. The Kier molecular flexibility index (Phi) is 6.79. The molecule has 1 amide bonds. The van der Waals surface area contributed by atoms with Crippen molar-refractivity contribution in [2.75, 3.05) is 11.5 Å². The summed E-state index contributed by atoms with van der Waals surface area (Å²) in [7, 11) is -3.42. The highest BCUT2D eigenvalue weighted by Gasteiger charge is 2.22. The Hall–Kier alpha value is -1.11. The third-order valence-electron chi connectivity index (χ3n) is 2.27. The first-order valence-electron chi connectivity index (χ1n) is 5.55. The number of rotatable bonds is 8. The summed E-state index contributed by atoms with van der Waals surface area (Å²) in [6, 6.07) is -1.01. The van der Waals surface area contributed by atoms with Crippen molar-refractivity contribution >= 4 is 21.7 Å². The number of hydrogen-bond acceptors (Lipinski definition) is 4. The first kappa shape index (κ1) is 15.9. The summed E-state index contributed by atoms with van der Waals surface area (Å²) in [5.41, 5.74) is 0. The molecule has 0 aliphatic carbocycles. The fourth-order valence-corrected chi connectivity index (χ4v) is 1.89. The monoisotopic (exact) mass is 265 g/mol. The van der Waals surface area contributed by atoms with E-state index >= 15 is 0 Å². The molecule has 0 rings (SSSR count). The summed E-state index contributed by atoms with van der Waals surface area (Å²) >= 11 is 0. The number of carbonyl (C=O) groups is 2. The number of unbranched alkanes of at least 4 members (excludes halogenated alkanes) is 1. The molecule has 0 aromatic rings. The van der Waals surface area contributed by atoms with Crippen LogP contribution in [0.15, 0.2) is 0 Å². The van der Waals surface area contributed by atoms with E-state index in [1.165, 1.54) is 6.92 Å². The quantitative estimate of drug-likeness (QED) is 0.652. The predicted molar refractivity (Wildman–Crippen MR) is 63.4 cm³/mol. The fourth-order valence-electron chi connectivity index (χ4n) is 1.20. The van der Waals surface area contributed by atoms with E-state index in [2.05, 4.69) is 5.32 Å². The average molecular weight is 265 g/mol. The molecule has 2 N–H and O–H groups in total. The minimum Gasteiger partial charge on any atom is -0.480 e. The Balaban J connectivity index is 4.36. The van der Waals surface area contributed by atoms with Crippen molar-refractivity contribution in [1.82, 2.24) is 5.32 Å². The van der Waals surface area contributed by atoms with Crippen LogP contribution in [0.3, 0.4) is 0 Å². The molecule has 0 aliphatic heterocycles. The van der Waals surface area contributed by atoms with Gasteiger partial charge in [0.05, 0.1) is 0 Å². The predicted octanol–water partition coefficient (Wildman–Crippen LogP) is 0.181. The van der Waals surface area contributed by atoms with Crippen LogP contribution in [-0.4, -0.2) is 42.9 Å². The van der Waals surface area contributed by atoms with Crippen molar-refractivity contribution in [3.8, 4) is 0 Å². The van der Waals surface area contributed by atoms with Gasteiger partial charge in [0.15, 0.2) is 9.84 Å². The highest BCUT2D eigenvalue weighted by molar-refractivity contribution is 7.92. The lowest BCUT2D eigenvalue weighted by molar-refractivity contribution is -0.141. The number of carbonyl (C=O) groups excluding carboxylic acids is 1. The summed E-state index contributed by atoms with van der Waals surface area (Å²) in [5.74, 6) is -2.68. The Bertz CT molecular complexity index is 363. The van der Waals surface area contributed by atoms with E-state index in [0.717, 1.165) is 6.42 Å². The first-order chi connectivity index (χ1) is 7.82. The molecule has 100 valence electrons. The van der Waals surface area contributed by atoms with E-state index < -0.39 is 33.5 Å². The molecule has 0 saturated heterocycles. The van der Waals surface area contributed by atoms with Crippen molar-refractivity contribution in [3.63, 3.8) is 0 Å². The first-order valence-corrected chi connectivity index (χ1v) is 7.37. The lowest BCUT2D eigenvalue weighted by Crippen LogP contribution is -2.43. The van der Waals surface area contributed by atoms with Gasteiger partial charge in [0.25, 0.3) is 0 Å². The smallest absolute Gasteiger partial charge is 0.326 e. The third-order valence-corrected chi connectivity index (χ3v) is 3.85. The van der Waals surface area contributed by atoms with Gasteiger partial charge in [-0.2, -0.15) is 0 Å². The summed E-state index contributed by atoms with van der Waals surface area (Å²) in [5, 5.41) is 11.1. The van der Waals surface area contributed by atoms with Gasteiger partial charge in [-0.05, 0) is 6.42 Å². The van der Waals surface area contributed by atoms with E-state index in [0.29, 0.717) is 12.8 Å². The van der Waals surface area contributed by atoms with Crippen LogP contribution in [0.4, 0.5) is 0 Å². The molecule has 0 radical (unpaired) electrons. The highest BCUT2D eigenvalue weighted by atomic mass is 32.2. The molecule has 0 spiro atoms. The van der Waals surface area contributed by atoms with Crippen LogP contribution in [0.25, 0.3) is 0 Å². The lowest BCUT2D eigenvalue weighted by Gasteiger charge is -2.13. The molecule has 6 nitrogen and oxygen atoms in total. The second kappa shape index (κ2) is 7.26. The molecule has 0 aliphatic rings. The second-order valence-corrected chi connectivity index (χ2v) is 6.13. The van der Waals surface area contributed by atoms with Gasteiger partial charge in [-0.15, -0.1) is 0 Å². The second-order valence-electron chi connectivity index (χ2n) is 3.78. The molecule has 17 heavy (non-hydrogen) atoms. The van der Waals surface area contributed by atoms with Crippen LogP contribution in [0.1, 0.15) is 33.1 Å². The van der Waals surface area contributed by atoms with Gasteiger partial charge < -0.3 is 10.4 Å². The molecule has 0 aromatic heterocycles. The van der Waals surface area contributed by atoms with Gasteiger partial charge in [-0.1, -0.05) is 26.7 Å². The SMILES string of the molecule is CCCC[C@H](NC(=O)CS(=O)(=O)CC)C(=O)O. The summed E-state index contributed by atoms with van der Waals surface area (Å²) in [6.45, 7) is 3.34. The van der Waals surface area contributed by atoms with Crippen molar-refractivity contribution in [3.05, 3.63) is 0 Å². The maximum atomic E-state index is 11.3. The van der Waals surface area contributed by atoms with Gasteiger partial charge in [0.2, 0.25) is 5.91 Å². The van der Waals surface area contributed by atoms with Gasteiger partial charge in [0.1, 0.15) is 11.8 Å². The average Bonchev–Trinajstić information content (AvgIpc) is 2.23. The number of carboxylic acid groups (broad SMARTS) is 1. The number of amides is 1. The van der Waals surface area contributed by atoms with Gasteiger partial charge >= 0.3 is 5.97 Å². The maximum absolute atomic E-state index is 11.3. The number of aliphatic carboxylic acids is 1. The van der Waals surface area contributed by atoms with Crippen LogP contribution < -0.4 is 5.32 Å². The van der Waals surface area contributed by atoms with Gasteiger partial charge in [-0.25, -0.2) is 13.2 Å². The zero-order valence-electron chi connectivity index (χ0n) is 10.1. The molecule has 1 atom stereocenters. The molecule has 0 bridgehead atoms. The molecule has 0 unspecified atom stereocenters. The van der Waals surface area contributed by atoms with E-state index in [-0.39, 0.29) is 5.75 Å². The van der Waals surface area contributed by atoms with Crippen molar-refractivity contribution in [2.24, 2.45) is 0 Å². The van der Waals surface area contributed by atoms with Crippen molar-refractivity contribution < 1.29 is 23.1 Å². The molecular formula is C10H19NO5S. The largest absolute Gasteiger partial charge is 0.480 e. The zero-order valence-corrected chi connectivity index (χ0v) is 10.9. The normalized spacial score (nSPS) is 13.1. The van der Waals surface area contributed by atoms with Crippen LogP contribution in [0.2, 0.25) is 0 Å². The Labute approximate surface area is 101 Å². The standard InChI is InChI=1S/C10H19NO5S/c1-3-5-6-8(10(13)14)11-9(12)7-17(15,16)4-2/h8H,3-7H2,1-2H3,(H,11,12)(H,13,14)/t8-/m0/s1. The number of sulfone groups is 1. The summed E-state index contributed by atoms with van der Waals surface area (Å²) in [4.78, 5) is 22.2. The van der Waals surface area contributed by atoms with Crippen LogP contribution in [-0.2, 0) is 19.4 Å². The number of carboxylic acids is 1. The molecule has 7 heteroatoms.